The van der Waals surface area contributed by atoms with Gasteiger partial charge in [0.2, 0.25) is 9.84 Å². The number of oxime groups is 1. The van der Waals surface area contributed by atoms with Gasteiger partial charge in [0.25, 0.3) is 0 Å². The van der Waals surface area contributed by atoms with Crippen LogP contribution in [0.3, 0.4) is 0 Å². The molecule has 21 heavy (non-hydrogen) atoms. The summed E-state index contributed by atoms with van der Waals surface area (Å²) in [5, 5.41) is 12.3. The summed E-state index contributed by atoms with van der Waals surface area (Å²) in [6.45, 7) is 1.99. The molecule has 0 unspecified atom stereocenters. The van der Waals surface area contributed by atoms with Gasteiger partial charge >= 0.3 is 0 Å². The highest BCUT2D eigenvalue weighted by Gasteiger charge is 2.17. The van der Waals surface area contributed by atoms with Crippen LogP contribution in [0.1, 0.15) is 25.3 Å². The first-order valence-corrected chi connectivity index (χ1v) is 8.19. The molecular formula is C16H17NO3S. The zero-order chi connectivity index (χ0) is 15.3. The fourth-order valence-corrected chi connectivity index (χ4v) is 3.33. The molecule has 4 nitrogen and oxygen atoms in total. The van der Waals surface area contributed by atoms with Crippen molar-refractivity contribution in [2.45, 2.75) is 29.6 Å². The van der Waals surface area contributed by atoms with Crippen LogP contribution >= 0.6 is 0 Å². The van der Waals surface area contributed by atoms with Gasteiger partial charge in [-0.15, -0.1) is 0 Å². The molecule has 0 atom stereocenters. The summed E-state index contributed by atoms with van der Waals surface area (Å²) in [7, 11) is -3.50. The Labute approximate surface area is 124 Å². The summed E-state index contributed by atoms with van der Waals surface area (Å²) in [5.74, 6) is 0. The monoisotopic (exact) mass is 303 g/mol. The van der Waals surface area contributed by atoms with Gasteiger partial charge in [-0.2, -0.15) is 0 Å². The van der Waals surface area contributed by atoms with Gasteiger partial charge in [-0.3, -0.25) is 0 Å². The van der Waals surface area contributed by atoms with Crippen molar-refractivity contribution >= 4 is 15.5 Å². The quantitative estimate of drug-likeness (QED) is 0.522. The molecule has 0 amide bonds. The van der Waals surface area contributed by atoms with Crippen LogP contribution in [-0.4, -0.2) is 19.3 Å². The normalized spacial score (nSPS) is 12.3. The minimum absolute atomic E-state index is 0.228. The molecule has 0 bridgehead atoms. The maximum atomic E-state index is 12.4. The van der Waals surface area contributed by atoms with Crippen LogP contribution in [0, 0.1) is 0 Å². The molecule has 0 spiro atoms. The minimum atomic E-state index is -3.50. The van der Waals surface area contributed by atoms with Crippen LogP contribution in [0.4, 0.5) is 0 Å². The lowest BCUT2D eigenvalue weighted by molar-refractivity contribution is 0.318. The molecule has 5 heteroatoms. The lowest BCUT2D eigenvalue weighted by atomic mass is 10.1. The van der Waals surface area contributed by atoms with Crippen LogP contribution < -0.4 is 0 Å². The molecule has 0 heterocycles. The SMILES string of the molecule is CCCC(=NO)c1ccc(S(=O)(=O)c2ccccc2)cc1. The zero-order valence-corrected chi connectivity index (χ0v) is 12.5. The zero-order valence-electron chi connectivity index (χ0n) is 11.7. The average Bonchev–Trinajstić information content (AvgIpc) is 2.53. The summed E-state index contributed by atoms with van der Waals surface area (Å²) >= 11 is 0. The van der Waals surface area contributed by atoms with E-state index in [0.29, 0.717) is 12.1 Å². The van der Waals surface area contributed by atoms with Crippen molar-refractivity contribution in [3.63, 3.8) is 0 Å². The van der Waals surface area contributed by atoms with Gasteiger partial charge in [0.05, 0.1) is 15.5 Å². The van der Waals surface area contributed by atoms with E-state index in [2.05, 4.69) is 5.16 Å². The van der Waals surface area contributed by atoms with Gasteiger partial charge in [0, 0.05) is 0 Å². The van der Waals surface area contributed by atoms with Gasteiger partial charge in [-0.05, 0) is 36.2 Å². The standard InChI is InChI=1S/C16H17NO3S/c1-2-6-16(17-18)13-9-11-15(12-10-13)21(19,20)14-7-4-3-5-8-14/h3-5,7-12,18H,2,6H2,1H3. The van der Waals surface area contributed by atoms with Crippen molar-refractivity contribution in [3.05, 3.63) is 60.2 Å². The molecule has 2 aromatic carbocycles. The maximum Gasteiger partial charge on any atom is 0.206 e. The second kappa shape index (κ2) is 6.54. The minimum Gasteiger partial charge on any atom is -0.411 e. The van der Waals surface area contributed by atoms with E-state index in [1.165, 1.54) is 0 Å². The Morgan fingerprint density at radius 3 is 2.10 bits per heavy atom. The van der Waals surface area contributed by atoms with Crippen molar-refractivity contribution in [2.24, 2.45) is 5.16 Å². The predicted molar refractivity (Wildman–Crippen MR) is 81.6 cm³/mol. The Bertz CT molecular complexity index is 720. The number of nitrogens with zero attached hydrogens (tertiary/aromatic N) is 1. The number of hydrogen-bond acceptors (Lipinski definition) is 4. The van der Waals surface area contributed by atoms with Gasteiger partial charge in [-0.1, -0.05) is 48.8 Å². The molecule has 0 saturated carbocycles. The largest absolute Gasteiger partial charge is 0.411 e. The van der Waals surface area contributed by atoms with Gasteiger partial charge in [0.1, 0.15) is 0 Å². The van der Waals surface area contributed by atoms with Crippen LogP contribution in [0.2, 0.25) is 0 Å². The second-order valence-electron chi connectivity index (χ2n) is 4.64. The Kier molecular flexibility index (Phi) is 4.75. The van der Waals surface area contributed by atoms with Crippen LogP contribution in [0.5, 0.6) is 0 Å². The summed E-state index contributed by atoms with van der Waals surface area (Å²) in [5.41, 5.74) is 1.28. The van der Waals surface area contributed by atoms with E-state index in [0.717, 1.165) is 12.0 Å². The first kappa shape index (κ1) is 15.3. The van der Waals surface area contributed by atoms with Crippen molar-refractivity contribution in [1.82, 2.24) is 0 Å². The number of hydrogen-bond donors (Lipinski definition) is 1. The van der Waals surface area contributed by atoms with Crippen molar-refractivity contribution in [1.29, 1.82) is 0 Å². The van der Waals surface area contributed by atoms with Crippen LogP contribution in [0.25, 0.3) is 0 Å². The molecular weight excluding hydrogens is 286 g/mol. The molecule has 2 aromatic rings. The molecule has 110 valence electrons. The predicted octanol–water partition coefficient (Wildman–Crippen LogP) is 3.50. The molecule has 0 fully saturated rings. The highest BCUT2D eigenvalue weighted by atomic mass is 32.2. The number of benzene rings is 2. The first-order chi connectivity index (χ1) is 10.1. The summed E-state index contributed by atoms with van der Waals surface area (Å²) in [6, 6.07) is 14.7. The Balaban J connectivity index is 2.35. The molecule has 0 aromatic heterocycles. The fourth-order valence-electron chi connectivity index (χ4n) is 2.05. The molecule has 0 radical (unpaired) electrons. The highest BCUT2D eigenvalue weighted by molar-refractivity contribution is 7.91. The van der Waals surface area contributed by atoms with E-state index in [-0.39, 0.29) is 9.79 Å². The maximum absolute atomic E-state index is 12.4. The average molecular weight is 303 g/mol. The fraction of sp³-hybridized carbons (Fsp3) is 0.188. The van der Waals surface area contributed by atoms with Crippen LogP contribution in [0.15, 0.2) is 69.5 Å². The number of sulfone groups is 1. The Hall–Kier alpha value is -2.14. The molecule has 0 aliphatic carbocycles. The van der Waals surface area contributed by atoms with Gasteiger partial charge in [0.15, 0.2) is 0 Å². The first-order valence-electron chi connectivity index (χ1n) is 6.71. The molecule has 1 N–H and O–H groups in total. The van der Waals surface area contributed by atoms with Gasteiger partial charge < -0.3 is 5.21 Å². The third-order valence-corrected chi connectivity index (χ3v) is 4.94. The molecule has 0 aliphatic heterocycles. The lowest BCUT2D eigenvalue weighted by Gasteiger charge is -2.07. The third kappa shape index (κ3) is 3.31. The number of rotatable bonds is 5. The van der Waals surface area contributed by atoms with Crippen molar-refractivity contribution < 1.29 is 13.6 Å². The third-order valence-electron chi connectivity index (χ3n) is 3.16. The molecule has 0 aliphatic rings. The highest BCUT2D eigenvalue weighted by Crippen LogP contribution is 2.21. The summed E-state index contributed by atoms with van der Waals surface area (Å²) in [4.78, 5) is 0.494. The van der Waals surface area contributed by atoms with Gasteiger partial charge in [-0.25, -0.2) is 8.42 Å². The summed E-state index contributed by atoms with van der Waals surface area (Å²) in [6.07, 6.45) is 1.49. The van der Waals surface area contributed by atoms with E-state index < -0.39 is 9.84 Å². The molecule has 0 saturated heterocycles. The van der Waals surface area contributed by atoms with Crippen molar-refractivity contribution in [3.8, 4) is 0 Å². The van der Waals surface area contributed by atoms with Crippen molar-refractivity contribution in [2.75, 3.05) is 0 Å². The van der Waals surface area contributed by atoms with E-state index in [9.17, 15) is 8.42 Å². The van der Waals surface area contributed by atoms with Crippen LogP contribution in [-0.2, 0) is 9.84 Å². The van der Waals surface area contributed by atoms with E-state index in [4.69, 9.17) is 5.21 Å². The van der Waals surface area contributed by atoms with E-state index in [1.54, 1.807) is 54.6 Å². The smallest absolute Gasteiger partial charge is 0.206 e. The summed E-state index contributed by atoms with van der Waals surface area (Å²) < 4.78 is 24.9. The van der Waals surface area contributed by atoms with E-state index >= 15 is 0 Å². The topological polar surface area (TPSA) is 66.7 Å². The Morgan fingerprint density at radius 2 is 1.57 bits per heavy atom. The van der Waals surface area contributed by atoms with E-state index in [1.807, 2.05) is 6.92 Å². The molecule has 2 rings (SSSR count). The second-order valence-corrected chi connectivity index (χ2v) is 6.59. The lowest BCUT2D eigenvalue weighted by Crippen LogP contribution is -2.04. The Morgan fingerprint density at radius 1 is 1.00 bits per heavy atom.